The molecule has 2 aromatic heterocycles. The number of nitrogens with one attached hydrogen (secondary N) is 2. The maximum atomic E-state index is 11.5. The Hall–Kier alpha value is -2.31. The number of anilines is 2. The second-order valence-electron chi connectivity index (χ2n) is 4.04. The van der Waals surface area contributed by atoms with E-state index in [9.17, 15) is 4.79 Å². The molecule has 0 aromatic carbocycles. The van der Waals surface area contributed by atoms with Gasteiger partial charge in [-0.25, -0.2) is 4.98 Å². The van der Waals surface area contributed by atoms with Crippen molar-refractivity contribution in [2.24, 2.45) is 0 Å². The topological polar surface area (TPSA) is 84.8 Å². The number of H-pyrrole nitrogens is 1. The Kier molecular flexibility index (Phi) is 3.31. The van der Waals surface area contributed by atoms with Crippen LogP contribution in [-0.4, -0.2) is 26.9 Å². The summed E-state index contributed by atoms with van der Waals surface area (Å²) in [5.74, 6) is 0.513. The highest BCUT2D eigenvalue weighted by Gasteiger charge is 2.10. The molecule has 0 aliphatic heterocycles. The molecule has 0 spiro atoms. The zero-order valence-electron chi connectivity index (χ0n) is 10.5. The molecule has 0 bridgehead atoms. The molecule has 2 aromatic rings. The summed E-state index contributed by atoms with van der Waals surface area (Å²) < 4.78 is 6.81. The maximum Gasteiger partial charge on any atom is 0.295 e. The number of aromatic amines is 1. The predicted octanol–water partition coefficient (Wildman–Crippen LogP) is 1.30. The molecule has 0 unspecified atom stereocenters. The third kappa shape index (κ3) is 2.34. The van der Waals surface area contributed by atoms with Gasteiger partial charge in [-0.2, -0.15) is 5.10 Å². The van der Waals surface area contributed by atoms with Gasteiger partial charge in [-0.15, -0.1) is 0 Å². The van der Waals surface area contributed by atoms with E-state index < -0.39 is 0 Å². The molecule has 0 radical (unpaired) electrons. The van der Waals surface area contributed by atoms with Crippen molar-refractivity contribution in [3.8, 4) is 5.75 Å². The Bertz CT molecular complexity index is 587. The second-order valence-corrected chi connectivity index (χ2v) is 4.04. The third-order valence-electron chi connectivity index (χ3n) is 2.41. The maximum absolute atomic E-state index is 11.5. The molecular weight excluding hydrogens is 234 g/mol. The van der Waals surface area contributed by atoms with E-state index in [0.29, 0.717) is 5.82 Å². The highest BCUT2D eigenvalue weighted by atomic mass is 16.5. The van der Waals surface area contributed by atoms with Crippen molar-refractivity contribution in [2.45, 2.75) is 19.9 Å². The second kappa shape index (κ2) is 4.91. The van der Waals surface area contributed by atoms with Crippen molar-refractivity contribution < 1.29 is 4.74 Å². The van der Waals surface area contributed by atoms with Crippen LogP contribution in [0.15, 0.2) is 23.5 Å². The summed E-state index contributed by atoms with van der Waals surface area (Å²) in [5, 5.41) is 7.19. The van der Waals surface area contributed by atoms with Crippen LogP contribution in [0.5, 0.6) is 5.75 Å². The summed E-state index contributed by atoms with van der Waals surface area (Å²) in [5.41, 5.74) is 0.423. The summed E-state index contributed by atoms with van der Waals surface area (Å²) in [4.78, 5) is 18.0. The molecule has 2 N–H and O–H groups in total. The van der Waals surface area contributed by atoms with Gasteiger partial charge in [0.1, 0.15) is 0 Å². The molecule has 0 saturated heterocycles. The Morgan fingerprint density at radius 3 is 2.89 bits per heavy atom. The number of methoxy groups -OCH3 is 1. The Balaban J connectivity index is 2.28. The molecule has 0 aliphatic carbocycles. The highest BCUT2D eigenvalue weighted by Crippen LogP contribution is 2.20. The largest absolute Gasteiger partial charge is 0.489 e. The Morgan fingerprint density at radius 1 is 1.50 bits per heavy atom. The fourth-order valence-corrected chi connectivity index (χ4v) is 1.49. The smallest absolute Gasteiger partial charge is 0.295 e. The fraction of sp³-hybridized carbons (Fsp3) is 0.364. The van der Waals surface area contributed by atoms with Gasteiger partial charge in [0.25, 0.3) is 5.56 Å². The first-order valence-corrected chi connectivity index (χ1v) is 5.54. The van der Waals surface area contributed by atoms with Crippen LogP contribution < -0.4 is 15.6 Å². The van der Waals surface area contributed by atoms with E-state index in [-0.39, 0.29) is 17.4 Å². The van der Waals surface area contributed by atoms with Crippen LogP contribution in [0.2, 0.25) is 0 Å². The zero-order valence-corrected chi connectivity index (χ0v) is 10.5. The minimum absolute atomic E-state index is 0.148. The summed E-state index contributed by atoms with van der Waals surface area (Å²) in [7, 11) is 1.43. The van der Waals surface area contributed by atoms with Gasteiger partial charge in [-0.1, -0.05) is 0 Å². The summed E-state index contributed by atoms with van der Waals surface area (Å²) in [6.07, 6.45) is 4.83. The Morgan fingerprint density at radius 2 is 2.28 bits per heavy atom. The van der Waals surface area contributed by atoms with Gasteiger partial charge in [0.05, 0.1) is 25.3 Å². The molecule has 7 heteroatoms. The van der Waals surface area contributed by atoms with Gasteiger partial charge < -0.3 is 15.0 Å². The number of nitrogens with zero attached hydrogens (tertiary/aromatic N) is 3. The lowest BCUT2D eigenvalue weighted by atomic mass is 10.4. The van der Waals surface area contributed by atoms with Gasteiger partial charge in [-0.3, -0.25) is 9.48 Å². The van der Waals surface area contributed by atoms with Crippen molar-refractivity contribution in [1.29, 1.82) is 0 Å². The SMILES string of the molecule is COc1c(Nc2cnn(C(C)C)c2)nc[nH]c1=O. The van der Waals surface area contributed by atoms with Crippen molar-refractivity contribution in [2.75, 3.05) is 12.4 Å². The predicted molar refractivity (Wildman–Crippen MR) is 67.3 cm³/mol. The third-order valence-corrected chi connectivity index (χ3v) is 2.41. The first kappa shape index (κ1) is 12.2. The fourth-order valence-electron chi connectivity index (χ4n) is 1.49. The van der Waals surface area contributed by atoms with Gasteiger partial charge >= 0.3 is 0 Å². The lowest BCUT2D eigenvalue weighted by molar-refractivity contribution is 0.408. The number of rotatable bonds is 4. The molecule has 18 heavy (non-hydrogen) atoms. The van der Waals surface area contributed by atoms with Gasteiger partial charge in [0.2, 0.25) is 5.75 Å². The number of hydrogen-bond acceptors (Lipinski definition) is 5. The summed E-state index contributed by atoms with van der Waals surface area (Å²) >= 11 is 0. The Labute approximate surface area is 104 Å². The molecule has 7 nitrogen and oxygen atoms in total. The van der Waals surface area contributed by atoms with Gasteiger partial charge in [-0.05, 0) is 13.8 Å². The van der Waals surface area contributed by atoms with Crippen molar-refractivity contribution in [1.82, 2.24) is 19.7 Å². The van der Waals surface area contributed by atoms with E-state index in [4.69, 9.17) is 4.74 Å². The number of aromatic nitrogens is 4. The molecule has 0 saturated carbocycles. The summed E-state index contributed by atoms with van der Waals surface area (Å²) in [6, 6.07) is 0.273. The van der Waals surface area contributed by atoms with E-state index in [1.54, 1.807) is 6.20 Å². The van der Waals surface area contributed by atoms with Crippen LogP contribution in [-0.2, 0) is 0 Å². The molecule has 2 rings (SSSR count). The molecule has 2 heterocycles. The van der Waals surface area contributed by atoms with Crippen molar-refractivity contribution in [3.05, 3.63) is 29.1 Å². The quantitative estimate of drug-likeness (QED) is 0.853. The van der Waals surface area contributed by atoms with Crippen LogP contribution in [0.3, 0.4) is 0 Å². The average Bonchev–Trinajstić information content (AvgIpc) is 2.78. The monoisotopic (exact) mass is 249 g/mol. The number of hydrogen-bond donors (Lipinski definition) is 2. The first-order chi connectivity index (χ1) is 8.61. The minimum Gasteiger partial charge on any atom is -0.489 e. The standard InChI is InChI=1S/C11H15N5O2/c1-7(2)16-5-8(4-14-16)15-10-9(18-3)11(17)13-6-12-10/h4-7H,1-3H3,(H2,12,13,15,17). The van der Waals surface area contributed by atoms with Crippen LogP contribution in [0.1, 0.15) is 19.9 Å². The normalized spacial score (nSPS) is 10.7. The lowest BCUT2D eigenvalue weighted by Gasteiger charge is -2.07. The van der Waals surface area contributed by atoms with Crippen molar-refractivity contribution in [3.63, 3.8) is 0 Å². The molecular formula is C11H15N5O2. The molecule has 96 valence electrons. The van der Waals surface area contributed by atoms with Crippen LogP contribution in [0.4, 0.5) is 11.5 Å². The molecule has 0 atom stereocenters. The zero-order chi connectivity index (χ0) is 13.1. The van der Waals surface area contributed by atoms with Gasteiger partial charge in [0.15, 0.2) is 5.82 Å². The number of ether oxygens (including phenoxy) is 1. The average molecular weight is 249 g/mol. The molecule has 0 aliphatic rings. The lowest BCUT2D eigenvalue weighted by Crippen LogP contribution is -2.12. The first-order valence-electron chi connectivity index (χ1n) is 5.54. The summed E-state index contributed by atoms with van der Waals surface area (Å²) in [6.45, 7) is 4.06. The van der Waals surface area contributed by atoms with E-state index >= 15 is 0 Å². The van der Waals surface area contributed by atoms with E-state index in [1.807, 2.05) is 24.7 Å². The van der Waals surface area contributed by atoms with E-state index in [1.165, 1.54) is 13.4 Å². The molecule has 0 fully saturated rings. The van der Waals surface area contributed by atoms with Crippen LogP contribution in [0.25, 0.3) is 0 Å². The molecule has 0 amide bonds. The van der Waals surface area contributed by atoms with Crippen LogP contribution >= 0.6 is 0 Å². The highest BCUT2D eigenvalue weighted by molar-refractivity contribution is 5.59. The van der Waals surface area contributed by atoms with Crippen molar-refractivity contribution >= 4 is 11.5 Å². The van der Waals surface area contributed by atoms with E-state index in [0.717, 1.165) is 5.69 Å². The van der Waals surface area contributed by atoms with E-state index in [2.05, 4.69) is 20.4 Å². The van der Waals surface area contributed by atoms with Gasteiger partial charge in [0, 0.05) is 12.2 Å². The minimum atomic E-state index is -0.328. The van der Waals surface area contributed by atoms with Crippen LogP contribution in [0, 0.1) is 0 Å².